The Kier molecular flexibility index (Phi) is 6.12. The summed E-state index contributed by atoms with van der Waals surface area (Å²) in [6.07, 6.45) is 1.81. The first-order chi connectivity index (χ1) is 15.9. The van der Waals surface area contributed by atoms with E-state index < -0.39 is 0 Å². The summed E-state index contributed by atoms with van der Waals surface area (Å²) in [6, 6.07) is 22.2. The van der Waals surface area contributed by atoms with E-state index in [2.05, 4.69) is 97.3 Å². The third kappa shape index (κ3) is 4.25. The fourth-order valence-corrected chi connectivity index (χ4v) is 5.46. The first kappa shape index (κ1) is 22.3. The van der Waals surface area contributed by atoms with Crippen molar-refractivity contribution in [2.24, 2.45) is 0 Å². The summed E-state index contributed by atoms with van der Waals surface area (Å²) >= 11 is 13.1. The van der Waals surface area contributed by atoms with Gasteiger partial charge in [0.15, 0.2) is 5.11 Å². The van der Waals surface area contributed by atoms with Crippen molar-refractivity contribution in [2.45, 2.75) is 25.9 Å². The number of hydrogen-bond acceptors (Lipinski definition) is 3. The number of hydrogen-bond donors (Lipinski definition) is 1. The predicted molar refractivity (Wildman–Crippen MR) is 143 cm³/mol. The molecule has 1 N–H and O–H groups in total. The molecule has 3 heterocycles. The fraction of sp³-hybridized carbons (Fsp3) is 0.154. The number of nitrogens with one attached hydrogen (secondary N) is 1. The SMILES string of the molecule is Cc1ccc(-c2ccc(C3C(c4ccccn4)NC(=S)N3c3ccc(Br)c(C)c3)o2)c(Br)c1. The molecule has 166 valence electrons. The van der Waals surface area contributed by atoms with Crippen LogP contribution in [0.2, 0.25) is 0 Å². The molecule has 0 aliphatic carbocycles. The fourth-order valence-electron chi connectivity index (χ4n) is 4.18. The van der Waals surface area contributed by atoms with Crippen LogP contribution in [0.4, 0.5) is 5.69 Å². The van der Waals surface area contributed by atoms with Gasteiger partial charge in [0.2, 0.25) is 0 Å². The average Bonchev–Trinajstić information content (AvgIpc) is 3.41. The van der Waals surface area contributed by atoms with Crippen molar-refractivity contribution in [2.75, 3.05) is 4.90 Å². The van der Waals surface area contributed by atoms with Crippen LogP contribution in [0.25, 0.3) is 11.3 Å². The van der Waals surface area contributed by atoms with Crippen molar-refractivity contribution in [1.82, 2.24) is 10.3 Å². The molecule has 0 saturated carbocycles. The van der Waals surface area contributed by atoms with E-state index >= 15 is 0 Å². The molecule has 0 radical (unpaired) electrons. The molecule has 4 aromatic rings. The number of halogens is 2. The van der Waals surface area contributed by atoms with Gasteiger partial charge in [-0.2, -0.15) is 0 Å². The zero-order valence-corrected chi connectivity index (χ0v) is 22.0. The Bertz CT molecular complexity index is 1340. The van der Waals surface area contributed by atoms with Gasteiger partial charge < -0.3 is 14.6 Å². The van der Waals surface area contributed by atoms with Crippen LogP contribution in [0.3, 0.4) is 0 Å². The van der Waals surface area contributed by atoms with Gasteiger partial charge in [0.25, 0.3) is 0 Å². The quantitative estimate of drug-likeness (QED) is 0.250. The summed E-state index contributed by atoms with van der Waals surface area (Å²) in [6.45, 7) is 4.15. The molecule has 0 bridgehead atoms. The maximum atomic E-state index is 6.47. The van der Waals surface area contributed by atoms with Crippen molar-refractivity contribution in [3.8, 4) is 11.3 Å². The van der Waals surface area contributed by atoms with Crippen molar-refractivity contribution in [3.05, 3.63) is 104 Å². The average molecular weight is 583 g/mol. The third-order valence-corrected chi connectivity index (χ3v) is 7.69. The lowest BCUT2D eigenvalue weighted by Crippen LogP contribution is -2.29. The summed E-state index contributed by atoms with van der Waals surface area (Å²) in [5.41, 5.74) is 5.26. The summed E-state index contributed by atoms with van der Waals surface area (Å²) in [4.78, 5) is 6.74. The van der Waals surface area contributed by atoms with E-state index in [4.69, 9.17) is 16.6 Å². The minimum Gasteiger partial charge on any atom is -0.459 e. The Morgan fingerprint density at radius 1 is 0.970 bits per heavy atom. The Hall–Kier alpha value is -2.48. The molecule has 7 heteroatoms. The second-order valence-electron chi connectivity index (χ2n) is 8.12. The minimum atomic E-state index is -0.189. The van der Waals surface area contributed by atoms with E-state index in [1.54, 1.807) is 6.20 Å². The Morgan fingerprint density at radius 3 is 2.55 bits per heavy atom. The minimum absolute atomic E-state index is 0.150. The normalized spacial score (nSPS) is 17.9. The van der Waals surface area contributed by atoms with E-state index in [1.807, 2.05) is 30.3 Å². The lowest BCUT2D eigenvalue weighted by molar-refractivity contribution is 0.439. The maximum Gasteiger partial charge on any atom is 0.174 e. The number of rotatable bonds is 4. The first-order valence-corrected chi connectivity index (χ1v) is 12.5. The van der Waals surface area contributed by atoms with Crippen LogP contribution in [-0.4, -0.2) is 10.1 Å². The Balaban J connectivity index is 1.61. The molecule has 1 fully saturated rings. The molecule has 4 nitrogen and oxygen atoms in total. The number of aryl methyl sites for hydroxylation is 2. The summed E-state index contributed by atoms with van der Waals surface area (Å²) in [5.74, 6) is 1.63. The van der Waals surface area contributed by atoms with E-state index in [-0.39, 0.29) is 12.1 Å². The van der Waals surface area contributed by atoms with Crippen LogP contribution in [0.15, 0.2) is 86.3 Å². The molecule has 1 aliphatic heterocycles. The van der Waals surface area contributed by atoms with Gasteiger partial charge in [-0.3, -0.25) is 4.98 Å². The maximum absolute atomic E-state index is 6.47. The molecule has 2 atom stereocenters. The molecule has 2 unspecified atom stereocenters. The van der Waals surface area contributed by atoms with Crippen molar-refractivity contribution >= 4 is 54.9 Å². The second-order valence-corrected chi connectivity index (χ2v) is 10.2. The number of furan rings is 1. The van der Waals surface area contributed by atoms with Crippen LogP contribution >= 0.6 is 44.1 Å². The summed E-state index contributed by atoms with van der Waals surface area (Å²) in [5, 5.41) is 4.13. The predicted octanol–water partition coefficient (Wildman–Crippen LogP) is 7.66. The third-order valence-electron chi connectivity index (χ3n) is 5.83. The molecule has 0 amide bonds. The van der Waals surface area contributed by atoms with Gasteiger partial charge in [-0.25, -0.2) is 0 Å². The zero-order valence-electron chi connectivity index (χ0n) is 18.0. The van der Waals surface area contributed by atoms with Gasteiger partial charge in [0, 0.05) is 26.4 Å². The molecule has 1 saturated heterocycles. The van der Waals surface area contributed by atoms with E-state index in [0.717, 1.165) is 43.0 Å². The molecular formula is C26H21Br2N3OS. The highest BCUT2D eigenvalue weighted by Gasteiger charge is 2.42. The molecule has 1 aliphatic rings. The van der Waals surface area contributed by atoms with Gasteiger partial charge in [0.05, 0.1) is 11.7 Å². The van der Waals surface area contributed by atoms with Crippen molar-refractivity contribution < 1.29 is 4.42 Å². The zero-order chi connectivity index (χ0) is 23.1. The summed E-state index contributed by atoms with van der Waals surface area (Å²) in [7, 11) is 0. The van der Waals surface area contributed by atoms with Gasteiger partial charge in [-0.15, -0.1) is 0 Å². The highest BCUT2D eigenvalue weighted by atomic mass is 79.9. The number of pyridine rings is 1. The molecule has 33 heavy (non-hydrogen) atoms. The Labute approximate surface area is 215 Å². The lowest BCUT2D eigenvalue weighted by Gasteiger charge is -2.26. The van der Waals surface area contributed by atoms with Crippen LogP contribution in [0.1, 0.15) is 34.7 Å². The molecule has 0 spiro atoms. The first-order valence-electron chi connectivity index (χ1n) is 10.6. The van der Waals surface area contributed by atoms with Crippen LogP contribution in [-0.2, 0) is 0 Å². The Morgan fingerprint density at radius 2 is 1.82 bits per heavy atom. The largest absolute Gasteiger partial charge is 0.459 e. The second kappa shape index (κ2) is 9.05. The van der Waals surface area contributed by atoms with Crippen LogP contribution in [0.5, 0.6) is 0 Å². The number of benzene rings is 2. The monoisotopic (exact) mass is 581 g/mol. The molecule has 2 aromatic heterocycles. The standard InChI is InChI=1S/C26H21Br2N3OS/c1-15-6-8-18(20(28)13-15)22-10-11-23(32-22)25-24(21-5-3-4-12-29-21)30-26(33)31(25)17-7-9-19(27)16(2)14-17/h3-14,24-25H,1-2H3,(H,30,33). The molecule has 5 rings (SSSR count). The number of anilines is 1. The lowest BCUT2D eigenvalue weighted by atomic mass is 10.0. The van der Waals surface area contributed by atoms with Crippen LogP contribution < -0.4 is 10.2 Å². The number of aromatic nitrogens is 1. The highest BCUT2D eigenvalue weighted by Crippen LogP contribution is 2.44. The van der Waals surface area contributed by atoms with Gasteiger partial charge >= 0.3 is 0 Å². The van der Waals surface area contributed by atoms with E-state index in [9.17, 15) is 0 Å². The van der Waals surface area contributed by atoms with E-state index in [0.29, 0.717) is 5.11 Å². The van der Waals surface area contributed by atoms with Gasteiger partial charge in [-0.1, -0.05) is 44.0 Å². The van der Waals surface area contributed by atoms with E-state index in [1.165, 1.54) is 5.56 Å². The summed E-state index contributed by atoms with van der Waals surface area (Å²) < 4.78 is 8.54. The van der Waals surface area contributed by atoms with Crippen LogP contribution in [0, 0.1) is 13.8 Å². The molecular weight excluding hydrogens is 562 g/mol. The van der Waals surface area contributed by atoms with Crippen molar-refractivity contribution in [1.29, 1.82) is 0 Å². The topological polar surface area (TPSA) is 41.3 Å². The molecule has 2 aromatic carbocycles. The number of nitrogens with zero attached hydrogens (tertiary/aromatic N) is 2. The van der Waals surface area contributed by atoms with Gasteiger partial charge in [-0.05, 0) is 91.8 Å². The smallest absolute Gasteiger partial charge is 0.174 e. The number of thiocarbonyl (C=S) groups is 1. The highest BCUT2D eigenvalue weighted by molar-refractivity contribution is 9.10. The van der Waals surface area contributed by atoms with Crippen molar-refractivity contribution in [3.63, 3.8) is 0 Å². The van der Waals surface area contributed by atoms with Gasteiger partial charge in [0.1, 0.15) is 17.6 Å².